The Morgan fingerprint density at radius 2 is 1.57 bits per heavy atom. The molecule has 0 saturated heterocycles. The highest BCUT2D eigenvalue weighted by atomic mass is 32.2. The van der Waals surface area contributed by atoms with Gasteiger partial charge in [0.2, 0.25) is 10.0 Å². The number of rotatable bonds is 8. The number of carbonyl (C=O) groups excluding carboxylic acids is 1. The Hall–Kier alpha value is -3.03. The van der Waals surface area contributed by atoms with Gasteiger partial charge in [0.05, 0.1) is 17.6 Å². The highest BCUT2D eigenvalue weighted by Crippen LogP contribution is 2.22. The Morgan fingerprint density at radius 3 is 2.13 bits per heavy atom. The van der Waals surface area contributed by atoms with Crippen LogP contribution in [0.25, 0.3) is 0 Å². The number of esters is 1. The van der Waals surface area contributed by atoms with E-state index in [1.165, 1.54) is 41.2 Å². The van der Waals surface area contributed by atoms with Gasteiger partial charge in [-0.05, 0) is 53.4 Å². The third-order valence-corrected chi connectivity index (χ3v) is 6.59. The summed E-state index contributed by atoms with van der Waals surface area (Å²) in [5.74, 6) is -0.512. The first-order valence-electron chi connectivity index (χ1n) is 9.59. The van der Waals surface area contributed by atoms with Crippen molar-refractivity contribution in [3.05, 3.63) is 95.3 Å². The van der Waals surface area contributed by atoms with Gasteiger partial charge in [-0.1, -0.05) is 37.3 Å². The number of nitrogens with zero attached hydrogens (tertiary/aromatic N) is 2. The van der Waals surface area contributed by atoms with Crippen LogP contribution in [0.5, 0.6) is 0 Å². The molecule has 3 rings (SSSR count). The lowest BCUT2D eigenvalue weighted by molar-refractivity contribution is 0.0600. The van der Waals surface area contributed by atoms with Crippen molar-refractivity contribution < 1.29 is 17.9 Å². The van der Waals surface area contributed by atoms with Crippen LogP contribution in [0.2, 0.25) is 0 Å². The zero-order valence-corrected chi connectivity index (χ0v) is 17.8. The fraction of sp³-hybridized carbons (Fsp3) is 0.217. The summed E-state index contributed by atoms with van der Waals surface area (Å²) in [4.78, 5) is 15.9. The molecule has 0 saturated carbocycles. The third kappa shape index (κ3) is 5.11. The lowest BCUT2D eigenvalue weighted by Crippen LogP contribution is -2.30. The van der Waals surface area contributed by atoms with Crippen LogP contribution in [0.4, 0.5) is 0 Å². The number of benzene rings is 2. The van der Waals surface area contributed by atoms with Crippen molar-refractivity contribution >= 4 is 16.0 Å². The van der Waals surface area contributed by atoms with Crippen LogP contribution in [0.15, 0.2) is 78.0 Å². The summed E-state index contributed by atoms with van der Waals surface area (Å²) in [6.07, 6.45) is 4.23. The number of hydrogen-bond acceptors (Lipinski definition) is 5. The molecule has 0 aliphatic heterocycles. The maximum Gasteiger partial charge on any atom is 0.337 e. The van der Waals surface area contributed by atoms with Gasteiger partial charge in [0.25, 0.3) is 0 Å². The van der Waals surface area contributed by atoms with E-state index >= 15 is 0 Å². The first-order valence-corrected chi connectivity index (χ1v) is 11.0. The molecule has 2 aromatic carbocycles. The van der Waals surface area contributed by atoms with Gasteiger partial charge in [-0.2, -0.15) is 4.31 Å². The number of sulfonamides is 1. The second-order valence-corrected chi connectivity index (χ2v) is 8.76. The van der Waals surface area contributed by atoms with Crippen LogP contribution in [0.3, 0.4) is 0 Å². The van der Waals surface area contributed by atoms with E-state index in [1.807, 2.05) is 30.3 Å². The first-order chi connectivity index (χ1) is 14.4. The standard InChI is InChI=1S/C23H24N2O4S/c1-3-18-6-8-19(9-7-18)16-25(17-20-5-4-14-24-15-20)30(27,28)22-12-10-21(11-13-22)23(26)29-2/h4-15H,3,16-17H2,1-2H3. The topological polar surface area (TPSA) is 76.6 Å². The van der Waals surface area contributed by atoms with Crippen LogP contribution >= 0.6 is 0 Å². The molecular weight excluding hydrogens is 400 g/mol. The molecule has 0 N–H and O–H groups in total. The summed E-state index contributed by atoms with van der Waals surface area (Å²) in [6.45, 7) is 2.48. The van der Waals surface area contributed by atoms with Crippen molar-refractivity contribution in [2.45, 2.75) is 31.3 Å². The highest BCUT2D eigenvalue weighted by Gasteiger charge is 2.25. The fourth-order valence-corrected chi connectivity index (χ4v) is 4.45. The average Bonchev–Trinajstić information content (AvgIpc) is 2.79. The normalized spacial score (nSPS) is 11.4. The van der Waals surface area contributed by atoms with Gasteiger partial charge in [-0.15, -0.1) is 0 Å². The zero-order chi connectivity index (χ0) is 21.6. The van der Waals surface area contributed by atoms with Crippen LogP contribution in [-0.4, -0.2) is 30.8 Å². The number of hydrogen-bond donors (Lipinski definition) is 0. The number of pyridine rings is 1. The maximum absolute atomic E-state index is 13.4. The molecule has 0 unspecified atom stereocenters. The molecule has 0 radical (unpaired) electrons. The molecule has 0 atom stereocenters. The van der Waals surface area contributed by atoms with Gasteiger partial charge < -0.3 is 4.74 Å². The van der Waals surface area contributed by atoms with E-state index in [0.29, 0.717) is 5.56 Å². The summed E-state index contributed by atoms with van der Waals surface area (Å²) in [5.41, 5.74) is 3.17. The quantitative estimate of drug-likeness (QED) is 0.514. The molecule has 1 aromatic heterocycles. The van der Waals surface area contributed by atoms with Crippen molar-refractivity contribution in [3.63, 3.8) is 0 Å². The summed E-state index contributed by atoms with van der Waals surface area (Å²) in [5, 5.41) is 0. The van der Waals surface area contributed by atoms with E-state index in [0.717, 1.165) is 17.5 Å². The smallest absolute Gasteiger partial charge is 0.337 e. The number of methoxy groups -OCH3 is 1. The van der Waals surface area contributed by atoms with Crippen LogP contribution < -0.4 is 0 Å². The summed E-state index contributed by atoms with van der Waals surface area (Å²) in [7, 11) is -2.52. The summed E-state index contributed by atoms with van der Waals surface area (Å²) in [6, 6.07) is 17.3. The Bertz CT molecular complexity index is 1080. The Kier molecular flexibility index (Phi) is 6.97. The van der Waals surface area contributed by atoms with Crippen molar-refractivity contribution in [2.24, 2.45) is 0 Å². The minimum absolute atomic E-state index is 0.115. The van der Waals surface area contributed by atoms with E-state index < -0.39 is 16.0 Å². The summed E-state index contributed by atoms with van der Waals surface area (Å²) < 4.78 is 32.9. The van der Waals surface area contributed by atoms with Gasteiger partial charge in [-0.25, -0.2) is 13.2 Å². The molecule has 7 heteroatoms. The number of aromatic nitrogens is 1. The molecule has 0 fully saturated rings. The van der Waals surface area contributed by atoms with E-state index in [9.17, 15) is 13.2 Å². The molecule has 0 bridgehead atoms. The SMILES string of the molecule is CCc1ccc(CN(Cc2cccnc2)S(=O)(=O)c2ccc(C(=O)OC)cc2)cc1. The molecule has 6 nitrogen and oxygen atoms in total. The fourth-order valence-electron chi connectivity index (χ4n) is 3.04. The van der Waals surface area contributed by atoms with E-state index in [4.69, 9.17) is 0 Å². The van der Waals surface area contributed by atoms with E-state index in [2.05, 4.69) is 16.6 Å². The van der Waals surface area contributed by atoms with Crippen molar-refractivity contribution in [3.8, 4) is 0 Å². The highest BCUT2D eigenvalue weighted by molar-refractivity contribution is 7.89. The third-order valence-electron chi connectivity index (χ3n) is 4.79. The van der Waals surface area contributed by atoms with E-state index in [-0.39, 0.29) is 18.0 Å². The Balaban J connectivity index is 1.93. The van der Waals surface area contributed by atoms with Crippen LogP contribution in [0.1, 0.15) is 34.0 Å². The largest absolute Gasteiger partial charge is 0.465 e. The molecule has 0 aliphatic rings. The molecule has 30 heavy (non-hydrogen) atoms. The number of ether oxygens (including phenoxy) is 1. The lowest BCUT2D eigenvalue weighted by Gasteiger charge is -2.22. The van der Waals surface area contributed by atoms with Gasteiger partial charge >= 0.3 is 5.97 Å². The van der Waals surface area contributed by atoms with E-state index in [1.54, 1.807) is 18.5 Å². The average molecular weight is 425 g/mol. The molecule has 0 amide bonds. The second kappa shape index (κ2) is 9.65. The van der Waals surface area contributed by atoms with Crippen molar-refractivity contribution in [2.75, 3.05) is 7.11 Å². The van der Waals surface area contributed by atoms with Gasteiger partial charge in [0.1, 0.15) is 0 Å². The minimum Gasteiger partial charge on any atom is -0.465 e. The Morgan fingerprint density at radius 1 is 0.933 bits per heavy atom. The minimum atomic E-state index is -3.81. The number of carbonyl (C=O) groups is 1. The number of aryl methyl sites for hydroxylation is 1. The molecule has 1 heterocycles. The van der Waals surface area contributed by atoms with Gasteiger partial charge in [-0.3, -0.25) is 4.98 Å². The second-order valence-electron chi connectivity index (χ2n) is 6.82. The van der Waals surface area contributed by atoms with Crippen LogP contribution in [0, 0.1) is 0 Å². The molecule has 3 aromatic rings. The van der Waals surface area contributed by atoms with Crippen molar-refractivity contribution in [1.82, 2.24) is 9.29 Å². The maximum atomic E-state index is 13.4. The molecule has 156 valence electrons. The predicted molar refractivity (Wildman–Crippen MR) is 114 cm³/mol. The first kappa shape index (κ1) is 21.7. The summed E-state index contributed by atoms with van der Waals surface area (Å²) >= 11 is 0. The molecular formula is C23H24N2O4S. The van der Waals surface area contributed by atoms with Crippen LogP contribution in [-0.2, 0) is 34.3 Å². The van der Waals surface area contributed by atoms with Gasteiger partial charge in [0.15, 0.2) is 0 Å². The zero-order valence-electron chi connectivity index (χ0n) is 17.0. The predicted octanol–water partition coefficient (Wildman–Crippen LogP) is 3.82. The van der Waals surface area contributed by atoms with Gasteiger partial charge in [0, 0.05) is 25.5 Å². The monoisotopic (exact) mass is 424 g/mol. The molecule has 0 spiro atoms. The lowest BCUT2D eigenvalue weighted by atomic mass is 10.1. The Labute approximate surface area is 177 Å². The molecule has 0 aliphatic carbocycles. The van der Waals surface area contributed by atoms with Crippen molar-refractivity contribution in [1.29, 1.82) is 0 Å².